The van der Waals surface area contributed by atoms with E-state index in [1.165, 1.54) is 0 Å². The van der Waals surface area contributed by atoms with E-state index in [0.717, 1.165) is 11.1 Å². The smallest absolute Gasteiger partial charge is 0.261 e. The fraction of sp³-hybridized carbons (Fsp3) is 0.154. The van der Waals surface area contributed by atoms with E-state index in [0.29, 0.717) is 39.8 Å². The third-order valence-corrected chi connectivity index (χ3v) is 5.34. The molecule has 0 radical (unpaired) electrons. The van der Waals surface area contributed by atoms with Crippen molar-refractivity contribution in [2.75, 3.05) is 13.7 Å². The van der Waals surface area contributed by atoms with Gasteiger partial charge in [0.05, 0.1) is 24.6 Å². The van der Waals surface area contributed by atoms with Crippen LogP contribution in [0, 0.1) is 0 Å². The maximum atomic E-state index is 13.3. The molecule has 32 heavy (non-hydrogen) atoms. The molecule has 0 aliphatic carbocycles. The van der Waals surface area contributed by atoms with Crippen LogP contribution in [-0.2, 0) is 6.54 Å². The summed E-state index contributed by atoms with van der Waals surface area (Å²) in [6.45, 7) is 2.57. The minimum absolute atomic E-state index is 0.112. The molecule has 0 unspecified atom stereocenters. The number of hydrogen-bond donors (Lipinski definition) is 0. The Hall–Kier alpha value is -3.57. The first kappa shape index (κ1) is 21.7. The Bertz CT molecular complexity index is 1330. The Morgan fingerprint density at radius 2 is 1.81 bits per heavy atom. The van der Waals surface area contributed by atoms with Gasteiger partial charge in [-0.05, 0) is 61.0 Å². The minimum Gasteiger partial charge on any atom is -0.493 e. The van der Waals surface area contributed by atoms with E-state index >= 15 is 0 Å². The highest BCUT2D eigenvalue weighted by molar-refractivity contribution is 6.30. The molecule has 0 saturated carbocycles. The van der Waals surface area contributed by atoms with Crippen molar-refractivity contribution in [1.82, 2.24) is 9.55 Å². The lowest BCUT2D eigenvalue weighted by molar-refractivity contribution is 0.278. The molecule has 0 saturated heterocycles. The number of ether oxygens (including phenoxy) is 2. The molecule has 5 nitrogen and oxygen atoms in total. The van der Waals surface area contributed by atoms with Crippen molar-refractivity contribution in [3.05, 3.63) is 93.7 Å². The summed E-state index contributed by atoms with van der Waals surface area (Å²) in [4.78, 5) is 18.0. The Morgan fingerprint density at radius 3 is 2.56 bits per heavy atom. The van der Waals surface area contributed by atoms with Crippen molar-refractivity contribution in [2.24, 2.45) is 0 Å². The lowest BCUT2D eigenvalue weighted by Crippen LogP contribution is -2.26. The number of halogens is 1. The van der Waals surface area contributed by atoms with Crippen LogP contribution in [0.15, 0.2) is 77.6 Å². The first-order chi connectivity index (χ1) is 15.6. The Morgan fingerprint density at radius 1 is 1.03 bits per heavy atom. The van der Waals surface area contributed by atoms with Crippen LogP contribution in [0.5, 0.6) is 11.5 Å². The summed E-state index contributed by atoms with van der Waals surface area (Å²) in [7, 11) is 1.61. The van der Waals surface area contributed by atoms with E-state index in [1.807, 2.05) is 67.6 Å². The number of nitrogens with zero attached hydrogens (tertiary/aromatic N) is 2. The summed E-state index contributed by atoms with van der Waals surface area (Å²) < 4.78 is 13.1. The fourth-order valence-corrected chi connectivity index (χ4v) is 3.67. The molecule has 1 heterocycles. The number of fused-ring (bicyclic) bond motifs is 1. The van der Waals surface area contributed by atoms with Gasteiger partial charge in [0.25, 0.3) is 5.56 Å². The number of rotatable bonds is 7. The third kappa shape index (κ3) is 4.53. The van der Waals surface area contributed by atoms with Crippen molar-refractivity contribution in [2.45, 2.75) is 13.5 Å². The predicted molar refractivity (Wildman–Crippen MR) is 130 cm³/mol. The molecule has 4 aromatic rings. The van der Waals surface area contributed by atoms with E-state index in [-0.39, 0.29) is 12.2 Å². The molecule has 0 aliphatic rings. The van der Waals surface area contributed by atoms with Gasteiger partial charge >= 0.3 is 0 Å². The first-order valence-electron chi connectivity index (χ1n) is 10.3. The molecule has 4 rings (SSSR count). The van der Waals surface area contributed by atoms with Crippen LogP contribution in [0.4, 0.5) is 0 Å². The number of aromatic nitrogens is 2. The summed E-state index contributed by atoms with van der Waals surface area (Å²) in [6.07, 6.45) is 3.96. The monoisotopic (exact) mass is 446 g/mol. The van der Waals surface area contributed by atoms with Gasteiger partial charge in [0.15, 0.2) is 11.5 Å². The van der Waals surface area contributed by atoms with Crippen LogP contribution in [-0.4, -0.2) is 23.3 Å². The van der Waals surface area contributed by atoms with Crippen LogP contribution in [0.25, 0.3) is 28.4 Å². The summed E-state index contributed by atoms with van der Waals surface area (Å²) >= 11 is 6.05. The van der Waals surface area contributed by atoms with E-state index in [2.05, 4.69) is 0 Å². The predicted octanol–water partition coefficient (Wildman–Crippen LogP) is 5.84. The molecule has 0 fully saturated rings. The van der Waals surface area contributed by atoms with E-state index < -0.39 is 0 Å². The van der Waals surface area contributed by atoms with Crippen LogP contribution >= 0.6 is 11.6 Å². The van der Waals surface area contributed by atoms with Crippen LogP contribution < -0.4 is 15.0 Å². The lowest BCUT2D eigenvalue weighted by atomic mass is 10.1. The number of allylic oxidation sites excluding steroid dienone is 1. The molecule has 0 spiro atoms. The van der Waals surface area contributed by atoms with Crippen LogP contribution in [0.2, 0.25) is 5.02 Å². The molecule has 0 amide bonds. The van der Waals surface area contributed by atoms with Crippen molar-refractivity contribution < 1.29 is 9.47 Å². The van der Waals surface area contributed by atoms with Gasteiger partial charge in [-0.2, -0.15) is 0 Å². The number of hydrogen-bond acceptors (Lipinski definition) is 4. The second kappa shape index (κ2) is 9.71. The maximum Gasteiger partial charge on any atom is 0.261 e. The second-order valence-corrected chi connectivity index (χ2v) is 7.61. The van der Waals surface area contributed by atoms with Gasteiger partial charge in [-0.3, -0.25) is 9.36 Å². The second-order valence-electron chi connectivity index (χ2n) is 7.18. The van der Waals surface area contributed by atoms with Gasteiger partial charge < -0.3 is 9.47 Å². The normalized spacial score (nSPS) is 11.2. The highest BCUT2D eigenvalue weighted by Crippen LogP contribution is 2.29. The quantitative estimate of drug-likeness (QED) is 0.358. The van der Waals surface area contributed by atoms with Crippen molar-refractivity contribution >= 4 is 28.6 Å². The molecule has 0 bridgehead atoms. The summed E-state index contributed by atoms with van der Waals surface area (Å²) in [5, 5.41) is 1.19. The zero-order chi connectivity index (χ0) is 22.5. The minimum atomic E-state index is -0.112. The molecule has 3 aromatic carbocycles. The van der Waals surface area contributed by atoms with Crippen molar-refractivity contribution in [3.8, 4) is 22.9 Å². The molecule has 6 heteroatoms. The number of benzene rings is 3. The molecular formula is C26H23ClN2O3. The third-order valence-electron chi connectivity index (χ3n) is 5.08. The molecule has 0 aliphatic heterocycles. The summed E-state index contributed by atoms with van der Waals surface area (Å²) in [5.74, 6) is 1.84. The van der Waals surface area contributed by atoms with Gasteiger partial charge in [0, 0.05) is 10.6 Å². The summed E-state index contributed by atoms with van der Waals surface area (Å²) in [6, 6.07) is 20.4. The van der Waals surface area contributed by atoms with Crippen molar-refractivity contribution in [3.63, 3.8) is 0 Å². The average molecular weight is 447 g/mol. The van der Waals surface area contributed by atoms with Gasteiger partial charge in [-0.15, -0.1) is 0 Å². The largest absolute Gasteiger partial charge is 0.493 e. The Balaban J connectivity index is 1.67. The zero-order valence-corrected chi connectivity index (χ0v) is 18.7. The highest BCUT2D eigenvalue weighted by atomic mass is 35.5. The average Bonchev–Trinajstić information content (AvgIpc) is 2.82. The number of methoxy groups -OCH3 is 1. The van der Waals surface area contributed by atoms with Gasteiger partial charge in [0.2, 0.25) is 0 Å². The van der Waals surface area contributed by atoms with E-state index in [9.17, 15) is 4.79 Å². The molecule has 0 atom stereocenters. The van der Waals surface area contributed by atoms with E-state index in [1.54, 1.807) is 29.9 Å². The number of para-hydroxylation sites is 1. The van der Waals surface area contributed by atoms with Gasteiger partial charge in [-0.1, -0.05) is 42.0 Å². The van der Waals surface area contributed by atoms with Crippen LogP contribution in [0.1, 0.15) is 12.5 Å². The molecule has 0 N–H and O–H groups in total. The Kier molecular flexibility index (Phi) is 6.57. The van der Waals surface area contributed by atoms with Crippen LogP contribution in [0.3, 0.4) is 0 Å². The standard InChI is InChI=1S/C26H23ClN2O3/c1-3-6-18-9-14-23(24(17-18)31-2)32-16-15-29-25(19-10-12-20(27)13-11-19)28-22-8-5-4-7-21(22)26(29)30/h3-14,17H,15-16H2,1-2H3. The van der Waals surface area contributed by atoms with Gasteiger partial charge in [0.1, 0.15) is 12.4 Å². The summed E-state index contributed by atoms with van der Waals surface area (Å²) in [5.41, 5.74) is 2.38. The lowest BCUT2D eigenvalue weighted by Gasteiger charge is -2.15. The fourth-order valence-electron chi connectivity index (χ4n) is 3.54. The first-order valence-corrected chi connectivity index (χ1v) is 10.7. The topological polar surface area (TPSA) is 53.4 Å². The molecular weight excluding hydrogens is 424 g/mol. The molecule has 162 valence electrons. The van der Waals surface area contributed by atoms with Gasteiger partial charge in [-0.25, -0.2) is 4.98 Å². The maximum absolute atomic E-state index is 13.3. The zero-order valence-electron chi connectivity index (χ0n) is 17.9. The SMILES string of the molecule is CC=Cc1ccc(OCCn2c(-c3ccc(Cl)cc3)nc3ccccc3c2=O)c(OC)c1. The van der Waals surface area contributed by atoms with E-state index in [4.69, 9.17) is 26.1 Å². The van der Waals surface area contributed by atoms with Crippen molar-refractivity contribution in [1.29, 1.82) is 0 Å². The highest BCUT2D eigenvalue weighted by Gasteiger charge is 2.13. The molecule has 1 aromatic heterocycles. The Labute approximate surface area is 191 Å².